The Bertz CT molecular complexity index is 714. The first-order chi connectivity index (χ1) is 12.6. The number of quaternary nitrogens is 2. The van der Waals surface area contributed by atoms with Gasteiger partial charge in [-0.05, 0) is 24.6 Å². The maximum Gasteiger partial charge on any atom is 0.275 e. The van der Waals surface area contributed by atoms with Gasteiger partial charge in [0, 0.05) is 10.6 Å². The highest BCUT2D eigenvalue weighted by Crippen LogP contribution is 2.10. The van der Waals surface area contributed by atoms with Gasteiger partial charge in [0.2, 0.25) is 0 Å². The number of benzene rings is 2. The maximum atomic E-state index is 12.4. The Morgan fingerprint density at radius 2 is 1.73 bits per heavy atom. The summed E-state index contributed by atoms with van der Waals surface area (Å²) in [5, 5.41) is 3.92. The molecule has 138 valence electrons. The second-order valence-electron chi connectivity index (χ2n) is 7.18. The Morgan fingerprint density at radius 3 is 2.42 bits per heavy atom. The van der Waals surface area contributed by atoms with Crippen LogP contribution in [0.3, 0.4) is 0 Å². The molecule has 1 atom stereocenters. The normalized spacial score (nSPS) is 21.2. The molecule has 0 bridgehead atoms. The van der Waals surface area contributed by atoms with E-state index in [2.05, 4.69) is 23.5 Å². The molecule has 0 spiro atoms. The minimum absolute atomic E-state index is 0.0536. The summed E-state index contributed by atoms with van der Waals surface area (Å²) in [6.45, 7) is 7.83. The molecule has 0 aromatic heterocycles. The third kappa shape index (κ3) is 5.56. The molecule has 3 N–H and O–H groups in total. The van der Waals surface area contributed by atoms with E-state index in [-0.39, 0.29) is 11.9 Å². The van der Waals surface area contributed by atoms with Gasteiger partial charge < -0.3 is 15.1 Å². The molecular formula is C21H28ClN3O+2. The van der Waals surface area contributed by atoms with Crippen LogP contribution in [-0.2, 0) is 11.3 Å². The second-order valence-corrected chi connectivity index (χ2v) is 7.62. The lowest BCUT2D eigenvalue weighted by atomic mass is 10.1. The standard InChI is InChI=1S/C21H26ClN3O/c1-17(19-7-3-2-4-8-19)23-21(26)16-25-12-10-24(11-13-25)15-18-6-5-9-20(22)14-18/h2-9,14,17H,10-13,15-16H2,1H3,(H,23,26)/p+2/t17-/m0/s1. The lowest BCUT2D eigenvalue weighted by Crippen LogP contribution is -3.28. The quantitative estimate of drug-likeness (QED) is 0.678. The SMILES string of the molecule is C[C@H](NC(=O)C[NH+]1CC[NH+](Cc2cccc(Cl)c2)CC1)c1ccccc1. The number of carbonyl (C=O) groups excluding carboxylic acids is 1. The van der Waals surface area contributed by atoms with E-state index in [4.69, 9.17) is 11.6 Å². The number of piperazine rings is 1. The van der Waals surface area contributed by atoms with E-state index >= 15 is 0 Å². The molecule has 1 aliphatic heterocycles. The van der Waals surface area contributed by atoms with Gasteiger partial charge in [-0.25, -0.2) is 0 Å². The fourth-order valence-corrected chi connectivity index (χ4v) is 3.80. The Balaban J connectivity index is 1.41. The number of halogens is 1. The van der Waals surface area contributed by atoms with Gasteiger partial charge in [0.15, 0.2) is 6.54 Å². The number of amides is 1. The Labute approximate surface area is 160 Å². The van der Waals surface area contributed by atoms with Gasteiger partial charge in [-0.1, -0.05) is 54.1 Å². The first kappa shape index (κ1) is 18.9. The molecule has 1 amide bonds. The summed E-state index contributed by atoms with van der Waals surface area (Å²) in [6.07, 6.45) is 0. The molecule has 1 aliphatic rings. The molecule has 1 fully saturated rings. The Kier molecular flexibility index (Phi) is 6.67. The minimum Gasteiger partial charge on any atom is -0.345 e. The number of hydrogen-bond acceptors (Lipinski definition) is 1. The van der Waals surface area contributed by atoms with Crippen molar-refractivity contribution in [2.45, 2.75) is 19.5 Å². The van der Waals surface area contributed by atoms with Crippen molar-refractivity contribution in [2.24, 2.45) is 0 Å². The maximum absolute atomic E-state index is 12.4. The van der Waals surface area contributed by atoms with Crippen molar-refractivity contribution in [1.82, 2.24) is 5.32 Å². The van der Waals surface area contributed by atoms with Gasteiger partial charge in [-0.2, -0.15) is 0 Å². The highest BCUT2D eigenvalue weighted by Gasteiger charge is 2.25. The fourth-order valence-electron chi connectivity index (χ4n) is 3.59. The Morgan fingerprint density at radius 1 is 1.04 bits per heavy atom. The summed E-state index contributed by atoms with van der Waals surface area (Å²) in [7, 11) is 0. The molecule has 0 radical (unpaired) electrons. The topological polar surface area (TPSA) is 38.0 Å². The number of rotatable bonds is 6. The van der Waals surface area contributed by atoms with E-state index in [1.54, 1.807) is 4.90 Å². The van der Waals surface area contributed by atoms with E-state index < -0.39 is 0 Å². The van der Waals surface area contributed by atoms with Crippen LogP contribution >= 0.6 is 11.6 Å². The highest BCUT2D eigenvalue weighted by atomic mass is 35.5. The van der Waals surface area contributed by atoms with Crippen LogP contribution in [0.25, 0.3) is 0 Å². The van der Waals surface area contributed by atoms with Gasteiger partial charge >= 0.3 is 0 Å². The van der Waals surface area contributed by atoms with Crippen LogP contribution < -0.4 is 15.1 Å². The predicted molar refractivity (Wildman–Crippen MR) is 104 cm³/mol. The molecule has 3 rings (SSSR count). The van der Waals surface area contributed by atoms with Crippen LogP contribution in [0.1, 0.15) is 24.1 Å². The molecule has 1 heterocycles. The Hall–Kier alpha value is -1.88. The third-order valence-corrected chi connectivity index (χ3v) is 5.33. The van der Waals surface area contributed by atoms with Crippen LogP contribution in [0.15, 0.2) is 54.6 Å². The summed E-state index contributed by atoms with van der Waals surface area (Å²) in [5.41, 5.74) is 2.43. The van der Waals surface area contributed by atoms with Crippen molar-refractivity contribution < 1.29 is 14.6 Å². The molecule has 0 unspecified atom stereocenters. The van der Waals surface area contributed by atoms with Crippen molar-refractivity contribution in [3.05, 3.63) is 70.7 Å². The summed E-state index contributed by atoms with van der Waals surface area (Å²) in [5.74, 6) is 0.134. The smallest absolute Gasteiger partial charge is 0.275 e. The molecule has 26 heavy (non-hydrogen) atoms. The fraction of sp³-hybridized carbons (Fsp3) is 0.381. The number of carbonyl (C=O) groups is 1. The molecule has 2 aromatic rings. The summed E-state index contributed by atoms with van der Waals surface area (Å²) in [6, 6.07) is 18.3. The molecular weight excluding hydrogens is 346 g/mol. The first-order valence-electron chi connectivity index (χ1n) is 9.36. The van der Waals surface area contributed by atoms with Gasteiger partial charge in [0.1, 0.15) is 32.7 Å². The number of hydrogen-bond donors (Lipinski definition) is 3. The van der Waals surface area contributed by atoms with Crippen LogP contribution in [0.2, 0.25) is 5.02 Å². The van der Waals surface area contributed by atoms with E-state index in [9.17, 15) is 4.79 Å². The van der Waals surface area contributed by atoms with Gasteiger partial charge in [0.25, 0.3) is 5.91 Å². The van der Waals surface area contributed by atoms with E-state index in [0.717, 1.165) is 43.3 Å². The van der Waals surface area contributed by atoms with Crippen molar-refractivity contribution in [3.63, 3.8) is 0 Å². The van der Waals surface area contributed by atoms with Gasteiger partial charge in [-0.3, -0.25) is 4.79 Å². The van der Waals surface area contributed by atoms with E-state index in [1.807, 2.05) is 43.3 Å². The van der Waals surface area contributed by atoms with Crippen LogP contribution in [0.4, 0.5) is 0 Å². The van der Waals surface area contributed by atoms with Crippen LogP contribution in [-0.4, -0.2) is 38.6 Å². The monoisotopic (exact) mass is 373 g/mol. The zero-order chi connectivity index (χ0) is 18.4. The van der Waals surface area contributed by atoms with Crippen molar-refractivity contribution >= 4 is 17.5 Å². The van der Waals surface area contributed by atoms with Crippen molar-refractivity contribution in [2.75, 3.05) is 32.7 Å². The molecule has 0 saturated carbocycles. The zero-order valence-corrected chi connectivity index (χ0v) is 16.1. The average molecular weight is 374 g/mol. The lowest BCUT2D eigenvalue weighted by molar-refractivity contribution is -1.02. The van der Waals surface area contributed by atoms with E-state index in [0.29, 0.717) is 6.54 Å². The second kappa shape index (κ2) is 9.17. The molecule has 2 aromatic carbocycles. The molecule has 4 nitrogen and oxygen atoms in total. The molecule has 0 aliphatic carbocycles. The lowest BCUT2D eigenvalue weighted by Gasteiger charge is -2.29. The summed E-state index contributed by atoms with van der Waals surface area (Å²) in [4.78, 5) is 15.3. The first-order valence-corrected chi connectivity index (χ1v) is 9.74. The summed E-state index contributed by atoms with van der Waals surface area (Å²) >= 11 is 6.07. The summed E-state index contributed by atoms with van der Waals surface area (Å²) < 4.78 is 0. The van der Waals surface area contributed by atoms with Crippen LogP contribution in [0.5, 0.6) is 0 Å². The molecule has 1 saturated heterocycles. The van der Waals surface area contributed by atoms with Crippen molar-refractivity contribution in [3.8, 4) is 0 Å². The van der Waals surface area contributed by atoms with E-state index in [1.165, 1.54) is 10.5 Å². The van der Waals surface area contributed by atoms with Gasteiger partial charge in [0.05, 0.1) is 6.04 Å². The largest absolute Gasteiger partial charge is 0.345 e. The minimum atomic E-state index is 0.0536. The molecule has 5 heteroatoms. The van der Waals surface area contributed by atoms with Crippen LogP contribution in [0, 0.1) is 0 Å². The number of nitrogens with one attached hydrogen (secondary N) is 3. The van der Waals surface area contributed by atoms with Crippen molar-refractivity contribution in [1.29, 1.82) is 0 Å². The average Bonchev–Trinajstić information content (AvgIpc) is 2.64. The third-order valence-electron chi connectivity index (χ3n) is 5.09. The zero-order valence-electron chi connectivity index (χ0n) is 15.3. The predicted octanol–water partition coefficient (Wildman–Crippen LogP) is 0.501. The highest BCUT2D eigenvalue weighted by molar-refractivity contribution is 6.30. The van der Waals surface area contributed by atoms with Gasteiger partial charge in [-0.15, -0.1) is 0 Å².